The van der Waals surface area contributed by atoms with E-state index in [1.807, 2.05) is 42.5 Å². The summed E-state index contributed by atoms with van der Waals surface area (Å²) in [6.07, 6.45) is 0.587. The molecule has 0 unspecified atom stereocenters. The zero-order chi connectivity index (χ0) is 15.4. The molecule has 0 aliphatic carbocycles. The van der Waals surface area contributed by atoms with Gasteiger partial charge in [-0.1, -0.05) is 48.5 Å². The molecule has 0 radical (unpaired) electrons. The molecule has 114 valence electrons. The zero-order valence-electron chi connectivity index (χ0n) is 12.5. The zero-order valence-corrected chi connectivity index (χ0v) is 12.5. The third kappa shape index (κ3) is 3.12. The number of carbonyl (C=O) groups is 1. The molecule has 4 nitrogen and oxygen atoms in total. The molecule has 0 bridgehead atoms. The topological polar surface area (TPSA) is 47.6 Å². The molecular weight excluding hydrogens is 278 g/mol. The summed E-state index contributed by atoms with van der Waals surface area (Å²) in [6, 6.07) is 17.8. The Balaban J connectivity index is 1.76. The maximum atomic E-state index is 11.6. The molecule has 2 atom stereocenters. The summed E-state index contributed by atoms with van der Waals surface area (Å²) >= 11 is 0. The lowest BCUT2D eigenvalue weighted by molar-refractivity contribution is -0.142. The number of para-hydroxylation sites is 1. The van der Waals surface area contributed by atoms with Crippen molar-refractivity contribution in [1.82, 2.24) is 5.32 Å². The van der Waals surface area contributed by atoms with E-state index in [4.69, 9.17) is 9.47 Å². The fourth-order valence-electron chi connectivity index (χ4n) is 2.72. The average Bonchev–Trinajstić information content (AvgIpc) is 3.04. The molecule has 1 N–H and O–H groups in total. The normalized spacial score (nSPS) is 20.6. The SMILES string of the molecule is COC(=O)[C@@H]1C[C@@H](Oc2ccccc2-c2ccccc2)CN1. The largest absolute Gasteiger partial charge is 0.488 e. The van der Waals surface area contributed by atoms with Crippen molar-refractivity contribution in [3.8, 4) is 16.9 Å². The van der Waals surface area contributed by atoms with E-state index >= 15 is 0 Å². The summed E-state index contributed by atoms with van der Waals surface area (Å²) in [7, 11) is 1.41. The number of hydrogen-bond acceptors (Lipinski definition) is 4. The van der Waals surface area contributed by atoms with Crippen LogP contribution in [0.25, 0.3) is 11.1 Å². The van der Waals surface area contributed by atoms with Crippen molar-refractivity contribution in [1.29, 1.82) is 0 Å². The lowest BCUT2D eigenvalue weighted by Gasteiger charge is -2.16. The van der Waals surface area contributed by atoms with Gasteiger partial charge in [-0.3, -0.25) is 4.79 Å². The van der Waals surface area contributed by atoms with Gasteiger partial charge in [0.1, 0.15) is 17.9 Å². The van der Waals surface area contributed by atoms with Crippen molar-refractivity contribution in [2.24, 2.45) is 0 Å². The Kier molecular flexibility index (Phi) is 4.39. The van der Waals surface area contributed by atoms with E-state index in [9.17, 15) is 4.79 Å². The molecule has 2 aromatic rings. The van der Waals surface area contributed by atoms with Gasteiger partial charge in [0, 0.05) is 18.5 Å². The highest BCUT2D eigenvalue weighted by Crippen LogP contribution is 2.31. The molecule has 22 heavy (non-hydrogen) atoms. The predicted octanol–water partition coefficient (Wildman–Crippen LogP) is 2.64. The smallest absolute Gasteiger partial charge is 0.323 e. The number of benzene rings is 2. The van der Waals surface area contributed by atoms with Crippen molar-refractivity contribution < 1.29 is 14.3 Å². The minimum atomic E-state index is -0.279. The molecule has 1 saturated heterocycles. The first-order chi connectivity index (χ1) is 10.8. The summed E-state index contributed by atoms with van der Waals surface area (Å²) in [5.41, 5.74) is 2.18. The molecule has 1 aliphatic heterocycles. The van der Waals surface area contributed by atoms with Crippen LogP contribution in [0.3, 0.4) is 0 Å². The first-order valence-corrected chi connectivity index (χ1v) is 7.40. The summed E-state index contributed by atoms with van der Waals surface area (Å²) < 4.78 is 10.9. The summed E-state index contributed by atoms with van der Waals surface area (Å²) in [5, 5.41) is 3.14. The van der Waals surface area contributed by atoms with Crippen molar-refractivity contribution in [2.75, 3.05) is 13.7 Å². The number of hydrogen-bond donors (Lipinski definition) is 1. The molecular formula is C18H19NO3. The number of carbonyl (C=O) groups excluding carboxylic acids is 1. The Labute approximate surface area is 130 Å². The fourth-order valence-corrected chi connectivity index (χ4v) is 2.72. The van der Waals surface area contributed by atoms with E-state index in [-0.39, 0.29) is 18.1 Å². The number of methoxy groups -OCH3 is 1. The summed E-state index contributed by atoms with van der Waals surface area (Å²) in [5.74, 6) is 0.605. The van der Waals surface area contributed by atoms with Crippen LogP contribution in [0.5, 0.6) is 5.75 Å². The Morgan fingerprint density at radius 1 is 1.09 bits per heavy atom. The molecule has 0 aromatic heterocycles. The van der Waals surface area contributed by atoms with Crippen LogP contribution in [0.15, 0.2) is 54.6 Å². The maximum Gasteiger partial charge on any atom is 0.323 e. The van der Waals surface area contributed by atoms with Crippen LogP contribution >= 0.6 is 0 Å². The van der Waals surface area contributed by atoms with E-state index in [0.29, 0.717) is 13.0 Å². The first kappa shape index (κ1) is 14.6. The minimum Gasteiger partial charge on any atom is -0.488 e. The second kappa shape index (κ2) is 6.62. The van der Waals surface area contributed by atoms with Crippen molar-refractivity contribution in [2.45, 2.75) is 18.6 Å². The standard InChI is InChI=1S/C18H19NO3/c1-21-18(20)16-11-14(12-19-16)22-17-10-6-5-9-15(17)13-7-3-2-4-8-13/h2-10,14,16,19H,11-12H2,1H3/t14-,16+/m1/s1. The molecule has 0 saturated carbocycles. The molecule has 0 spiro atoms. The van der Waals surface area contributed by atoms with Crippen molar-refractivity contribution in [3.05, 3.63) is 54.6 Å². The monoisotopic (exact) mass is 297 g/mol. The first-order valence-electron chi connectivity index (χ1n) is 7.40. The maximum absolute atomic E-state index is 11.6. The van der Waals surface area contributed by atoms with Gasteiger partial charge in [-0.25, -0.2) is 0 Å². The lowest BCUT2D eigenvalue weighted by atomic mass is 10.0. The average molecular weight is 297 g/mol. The Morgan fingerprint density at radius 3 is 2.59 bits per heavy atom. The van der Waals surface area contributed by atoms with Gasteiger partial charge in [0.05, 0.1) is 7.11 Å². The van der Waals surface area contributed by atoms with E-state index in [2.05, 4.69) is 17.4 Å². The van der Waals surface area contributed by atoms with Crippen LogP contribution in [-0.2, 0) is 9.53 Å². The van der Waals surface area contributed by atoms with E-state index in [1.165, 1.54) is 7.11 Å². The fraction of sp³-hybridized carbons (Fsp3) is 0.278. The summed E-state index contributed by atoms with van der Waals surface area (Å²) in [6.45, 7) is 0.642. The van der Waals surface area contributed by atoms with Crippen LogP contribution in [0.4, 0.5) is 0 Å². The number of nitrogens with one attached hydrogen (secondary N) is 1. The van der Waals surface area contributed by atoms with Crippen molar-refractivity contribution >= 4 is 5.97 Å². The molecule has 3 rings (SSSR count). The molecule has 1 fully saturated rings. The van der Waals surface area contributed by atoms with Gasteiger partial charge < -0.3 is 14.8 Å². The number of ether oxygens (including phenoxy) is 2. The molecule has 2 aromatic carbocycles. The van der Waals surface area contributed by atoms with Gasteiger partial charge in [-0.15, -0.1) is 0 Å². The molecule has 1 heterocycles. The molecule has 1 aliphatic rings. The number of esters is 1. The molecule has 4 heteroatoms. The third-order valence-corrected chi connectivity index (χ3v) is 3.84. The van der Waals surface area contributed by atoms with Crippen LogP contribution < -0.4 is 10.1 Å². The van der Waals surface area contributed by atoms with E-state index in [0.717, 1.165) is 16.9 Å². The van der Waals surface area contributed by atoms with Gasteiger partial charge in [-0.2, -0.15) is 0 Å². The van der Waals surface area contributed by atoms with Crippen LogP contribution in [0, 0.1) is 0 Å². The highest BCUT2D eigenvalue weighted by atomic mass is 16.5. The molecule has 0 amide bonds. The third-order valence-electron chi connectivity index (χ3n) is 3.84. The van der Waals surface area contributed by atoms with E-state index in [1.54, 1.807) is 0 Å². The summed E-state index contributed by atoms with van der Waals surface area (Å²) in [4.78, 5) is 11.6. The minimum absolute atomic E-state index is 0.0334. The Hall–Kier alpha value is -2.33. The van der Waals surface area contributed by atoms with Crippen LogP contribution in [0.2, 0.25) is 0 Å². The Bertz CT molecular complexity index is 642. The van der Waals surface area contributed by atoms with E-state index < -0.39 is 0 Å². The highest BCUT2D eigenvalue weighted by molar-refractivity contribution is 5.76. The van der Waals surface area contributed by atoms with Crippen molar-refractivity contribution in [3.63, 3.8) is 0 Å². The van der Waals surface area contributed by atoms with Gasteiger partial charge in [0.15, 0.2) is 0 Å². The van der Waals surface area contributed by atoms with Crippen LogP contribution in [0.1, 0.15) is 6.42 Å². The second-order valence-corrected chi connectivity index (χ2v) is 5.32. The quantitative estimate of drug-likeness (QED) is 0.881. The van der Waals surface area contributed by atoms with Gasteiger partial charge in [-0.05, 0) is 11.6 Å². The second-order valence-electron chi connectivity index (χ2n) is 5.32. The number of rotatable bonds is 4. The van der Waals surface area contributed by atoms with Gasteiger partial charge >= 0.3 is 5.97 Å². The highest BCUT2D eigenvalue weighted by Gasteiger charge is 2.31. The van der Waals surface area contributed by atoms with Crippen LogP contribution in [-0.4, -0.2) is 31.8 Å². The van der Waals surface area contributed by atoms with Gasteiger partial charge in [0.25, 0.3) is 0 Å². The lowest BCUT2D eigenvalue weighted by Crippen LogP contribution is -2.31. The Morgan fingerprint density at radius 2 is 1.82 bits per heavy atom. The predicted molar refractivity (Wildman–Crippen MR) is 84.7 cm³/mol. The van der Waals surface area contributed by atoms with Gasteiger partial charge in [0.2, 0.25) is 0 Å².